The summed E-state index contributed by atoms with van der Waals surface area (Å²) in [6.07, 6.45) is 11.8. The minimum atomic E-state index is -0.421. The van der Waals surface area contributed by atoms with E-state index < -0.39 is 5.24 Å². The molecule has 0 aliphatic heterocycles. The average Bonchev–Trinajstić information content (AvgIpc) is 3.39. The molecule has 3 aromatic heterocycles. The van der Waals surface area contributed by atoms with Gasteiger partial charge in [0.15, 0.2) is 0 Å². The van der Waals surface area contributed by atoms with E-state index in [2.05, 4.69) is 42.0 Å². The van der Waals surface area contributed by atoms with Gasteiger partial charge in [-0.25, -0.2) is 9.97 Å². The molecular formula is C25H29N7O2S. The molecule has 0 bridgehead atoms. The molecule has 3 heterocycles. The van der Waals surface area contributed by atoms with Crippen molar-refractivity contribution in [3.63, 3.8) is 0 Å². The molecule has 0 unspecified atom stereocenters. The second kappa shape index (κ2) is 12.3. The van der Waals surface area contributed by atoms with Crippen LogP contribution in [0.2, 0.25) is 0 Å². The van der Waals surface area contributed by atoms with E-state index in [0.29, 0.717) is 30.1 Å². The van der Waals surface area contributed by atoms with Gasteiger partial charge in [-0.05, 0) is 85.2 Å². The molecule has 0 radical (unpaired) electrons. The van der Waals surface area contributed by atoms with E-state index in [9.17, 15) is 9.59 Å². The summed E-state index contributed by atoms with van der Waals surface area (Å²) in [6, 6.07) is 10.7. The quantitative estimate of drug-likeness (QED) is 0.326. The van der Waals surface area contributed by atoms with Crippen molar-refractivity contribution < 1.29 is 9.59 Å². The lowest BCUT2D eigenvalue weighted by molar-refractivity contribution is -0.108. The number of H-pyrrole nitrogens is 1. The Bertz CT molecular complexity index is 1160. The molecule has 0 atom stereocenters. The molecule has 35 heavy (non-hydrogen) atoms. The summed E-state index contributed by atoms with van der Waals surface area (Å²) in [6.45, 7) is 2.58. The summed E-state index contributed by atoms with van der Waals surface area (Å²) in [7, 11) is 0. The normalized spacial score (nSPS) is 18.1. The first-order valence-corrected chi connectivity index (χ1v) is 12.4. The van der Waals surface area contributed by atoms with Crippen LogP contribution in [0, 0.1) is 0 Å². The summed E-state index contributed by atoms with van der Waals surface area (Å²) in [4.78, 5) is 39.3. The Balaban J connectivity index is 1.26. The SMILES string of the molecule is C/C(=C/c1ccnc(N[C@H]2CC[C@H](NCc3cccnc3-c3ccc[nH]3)CC2)n1)SC(=O)NC=O. The van der Waals surface area contributed by atoms with Crippen LogP contribution in [0.4, 0.5) is 10.7 Å². The van der Waals surface area contributed by atoms with Crippen LogP contribution in [-0.4, -0.2) is 43.7 Å². The standard InChI is InChI=1S/C25H29N7O2S/c1-17(35-25(34)30-16-33)14-21-10-13-28-24(32-21)31-20-8-6-19(7-9-20)29-15-18-4-2-12-27-23(18)22-5-3-11-26-22/h2-5,10-14,16,19-20,26,29H,6-9,15H2,1H3,(H,28,31,32)(H,30,33,34)/b17-14-/t19-,20-. The van der Waals surface area contributed by atoms with E-state index in [4.69, 9.17) is 0 Å². The molecule has 1 aliphatic rings. The molecule has 4 N–H and O–H groups in total. The van der Waals surface area contributed by atoms with Crippen LogP contribution in [0.25, 0.3) is 17.5 Å². The van der Waals surface area contributed by atoms with Gasteiger partial charge in [-0.1, -0.05) is 6.07 Å². The third-order valence-electron chi connectivity index (χ3n) is 5.84. The number of pyridine rings is 1. The minimum absolute atomic E-state index is 0.314. The number of aromatic amines is 1. The molecule has 0 aromatic carbocycles. The predicted octanol–water partition coefficient (Wildman–Crippen LogP) is 4.34. The smallest absolute Gasteiger partial charge is 0.289 e. The van der Waals surface area contributed by atoms with Gasteiger partial charge in [0, 0.05) is 37.2 Å². The number of nitrogens with one attached hydrogen (secondary N) is 4. The minimum Gasteiger partial charge on any atom is -0.360 e. The van der Waals surface area contributed by atoms with Crippen molar-refractivity contribution in [2.45, 2.75) is 51.2 Å². The first-order valence-electron chi connectivity index (χ1n) is 11.6. The van der Waals surface area contributed by atoms with Crippen LogP contribution < -0.4 is 16.0 Å². The Morgan fingerprint density at radius 2 is 1.94 bits per heavy atom. The summed E-state index contributed by atoms with van der Waals surface area (Å²) in [5.41, 5.74) is 3.91. The Kier molecular flexibility index (Phi) is 8.63. The van der Waals surface area contributed by atoms with E-state index in [0.717, 1.165) is 60.3 Å². The van der Waals surface area contributed by atoms with Gasteiger partial charge in [0.05, 0.1) is 17.1 Å². The molecule has 4 rings (SSSR count). The van der Waals surface area contributed by atoms with Crippen molar-refractivity contribution in [3.05, 3.63) is 65.1 Å². The third-order valence-corrected chi connectivity index (χ3v) is 6.59. The maximum Gasteiger partial charge on any atom is 0.289 e. The summed E-state index contributed by atoms with van der Waals surface area (Å²) >= 11 is 0.950. The summed E-state index contributed by atoms with van der Waals surface area (Å²) in [5, 5.41) is 8.84. The summed E-state index contributed by atoms with van der Waals surface area (Å²) in [5.74, 6) is 0.580. The molecule has 10 heteroatoms. The topological polar surface area (TPSA) is 125 Å². The van der Waals surface area contributed by atoms with Gasteiger partial charge in [0.25, 0.3) is 5.24 Å². The number of rotatable bonds is 9. The van der Waals surface area contributed by atoms with Crippen LogP contribution in [0.1, 0.15) is 43.9 Å². The van der Waals surface area contributed by atoms with Crippen LogP contribution in [0.15, 0.2) is 53.8 Å². The van der Waals surface area contributed by atoms with Crippen LogP contribution >= 0.6 is 11.8 Å². The average molecular weight is 492 g/mol. The van der Waals surface area contributed by atoms with Gasteiger partial charge in [0.1, 0.15) is 0 Å². The van der Waals surface area contributed by atoms with E-state index >= 15 is 0 Å². The zero-order valence-electron chi connectivity index (χ0n) is 19.5. The molecule has 3 aromatic rings. The van der Waals surface area contributed by atoms with Gasteiger partial charge in [-0.15, -0.1) is 0 Å². The van der Waals surface area contributed by atoms with Crippen molar-refractivity contribution in [1.29, 1.82) is 0 Å². The number of nitrogens with zero attached hydrogens (tertiary/aromatic N) is 3. The van der Waals surface area contributed by atoms with E-state index in [1.54, 1.807) is 25.3 Å². The zero-order chi connectivity index (χ0) is 24.5. The van der Waals surface area contributed by atoms with Crippen molar-refractivity contribution in [2.75, 3.05) is 5.32 Å². The lowest BCUT2D eigenvalue weighted by Crippen LogP contribution is -2.37. The molecule has 9 nitrogen and oxygen atoms in total. The first kappa shape index (κ1) is 24.6. The molecule has 1 aliphatic carbocycles. The highest BCUT2D eigenvalue weighted by Gasteiger charge is 2.22. The largest absolute Gasteiger partial charge is 0.360 e. The van der Waals surface area contributed by atoms with E-state index in [1.165, 1.54) is 5.56 Å². The predicted molar refractivity (Wildman–Crippen MR) is 138 cm³/mol. The van der Waals surface area contributed by atoms with Crippen molar-refractivity contribution >= 4 is 35.4 Å². The fourth-order valence-electron chi connectivity index (χ4n) is 4.16. The highest BCUT2D eigenvalue weighted by atomic mass is 32.2. The Morgan fingerprint density at radius 1 is 1.11 bits per heavy atom. The van der Waals surface area contributed by atoms with E-state index in [-0.39, 0.29) is 0 Å². The monoisotopic (exact) mass is 491 g/mol. The maximum atomic E-state index is 11.5. The third kappa shape index (κ3) is 7.24. The van der Waals surface area contributed by atoms with Gasteiger partial charge in [0.2, 0.25) is 12.4 Å². The maximum absolute atomic E-state index is 11.5. The molecule has 1 saturated carbocycles. The molecule has 182 valence electrons. The van der Waals surface area contributed by atoms with Crippen molar-refractivity contribution in [2.24, 2.45) is 0 Å². The van der Waals surface area contributed by atoms with Gasteiger partial charge < -0.3 is 15.6 Å². The number of hydrogen-bond acceptors (Lipinski definition) is 8. The lowest BCUT2D eigenvalue weighted by atomic mass is 9.91. The van der Waals surface area contributed by atoms with Crippen molar-refractivity contribution in [1.82, 2.24) is 30.6 Å². The first-order chi connectivity index (χ1) is 17.1. The fraction of sp³-hybridized carbons (Fsp3) is 0.320. The Morgan fingerprint density at radius 3 is 2.71 bits per heavy atom. The number of carbonyl (C=O) groups is 2. The zero-order valence-corrected chi connectivity index (χ0v) is 20.3. The fourth-order valence-corrected chi connectivity index (χ4v) is 4.74. The molecule has 0 spiro atoms. The molecule has 0 saturated heterocycles. The Hall–Kier alpha value is -3.50. The second-order valence-corrected chi connectivity index (χ2v) is 9.60. The number of imide groups is 1. The Labute approximate surface area is 208 Å². The number of allylic oxidation sites excluding steroid dienone is 1. The van der Waals surface area contributed by atoms with Gasteiger partial charge in [-0.3, -0.25) is 19.9 Å². The van der Waals surface area contributed by atoms with Crippen LogP contribution in [0.3, 0.4) is 0 Å². The number of carbonyl (C=O) groups excluding carboxylic acids is 2. The van der Waals surface area contributed by atoms with Crippen LogP contribution in [-0.2, 0) is 11.3 Å². The number of thioether (sulfide) groups is 1. The van der Waals surface area contributed by atoms with Crippen molar-refractivity contribution in [3.8, 4) is 11.4 Å². The lowest BCUT2D eigenvalue weighted by Gasteiger charge is -2.30. The van der Waals surface area contributed by atoms with Crippen LogP contribution in [0.5, 0.6) is 0 Å². The van der Waals surface area contributed by atoms with Gasteiger partial charge >= 0.3 is 0 Å². The number of hydrogen-bond donors (Lipinski definition) is 4. The van der Waals surface area contributed by atoms with E-state index in [1.807, 2.05) is 30.6 Å². The van der Waals surface area contributed by atoms with Gasteiger partial charge in [-0.2, -0.15) is 0 Å². The number of anilines is 1. The highest BCUT2D eigenvalue weighted by molar-refractivity contribution is 8.17. The number of aromatic nitrogens is 4. The number of amides is 2. The highest BCUT2D eigenvalue weighted by Crippen LogP contribution is 2.24. The molecular weight excluding hydrogens is 462 g/mol. The molecule has 2 amide bonds. The molecule has 1 fully saturated rings. The summed E-state index contributed by atoms with van der Waals surface area (Å²) < 4.78 is 0. The second-order valence-electron chi connectivity index (χ2n) is 8.38.